The maximum Gasteiger partial charge on any atom is 0.124 e. The van der Waals surface area contributed by atoms with Crippen molar-refractivity contribution >= 4 is 50.6 Å². The molecule has 0 radical (unpaired) electrons. The first-order chi connectivity index (χ1) is 13.2. The summed E-state index contributed by atoms with van der Waals surface area (Å²) in [5.41, 5.74) is 7.07. The summed E-state index contributed by atoms with van der Waals surface area (Å²) >= 11 is 1.75. The van der Waals surface area contributed by atoms with E-state index in [-0.39, 0.29) is 12.4 Å². The summed E-state index contributed by atoms with van der Waals surface area (Å²) in [5, 5.41) is 5.82. The molecule has 0 spiro atoms. The summed E-state index contributed by atoms with van der Waals surface area (Å²) in [6.45, 7) is 2.92. The number of rotatable bonds is 4. The fraction of sp³-hybridized carbons (Fsp3) is 0.0870. The van der Waals surface area contributed by atoms with Gasteiger partial charge >= 0.3 is 0 Å². The predicted molar refractivity (Wildman–Crippen MR) is 123 cm³/mol. The molecule has 0 aliphatic heterocycles. The van der Waals surface area contributed by atoms with Crippen molar-refractivity contribution in [2.75, 3.05) is 5.32 Å². The van der Waals surface area contributed by atoms with E-state index in [4.69, 9.17) is 4.98 Å². The summed E-state index contributed by atoms with van der Waals surface area (Å²) in [5.74, 6) is 0. The van der Waals surface area contributed by atoms with Crippen molar-refractivity contribution in [2.45, 2.75) is 13.5 Å². The van der Waals surface area contributed by atoms with E-state index in [1.165, 1.54) is 26.7 Å². The van der Waals surface area contributed by atoms with Crippen LogP contribution >= 0.6 is 23.7 Å². The lowest BCUT2D eigenvalue weighted by atomic mass is 10.1. The minimum atomic E-state index is 0. The number of benzene rings is 3. The van der Waals surface area contributed by atoms with E-state index in [0.29, 0.717) is 0 Å². The summed E-state index contributed by atoms with van der Waals surface area (Å²) in [6.07, 6.45) is 1.98. The average Bonchev–Trinajstić information content (AvgIpc) is 3.32. The summed E-state index contributed by atoms with van der Waals surface area (Å²) in [4.78, 5) is 8.00. The van der Waals surface area contributed by atoms with Crippen LogP contribution in [-0.4, -0.2) is 9.97 Å². The highest BCUT2D eigenvalue weighted by molar-refractivity contribution is 7.21. The van der Waals surface area contributed by atoms with Crippen LogP contribution < -0.4 is 5.32 Å². The molecule has 140 valence electrons. The third-order valence-corrected chi connectivity index (χ3v) is 5.86. The number of aromatic nitrogens is 2. The number of thiazole rings is 1. The van der Waals surface area contributed by atoms with Gasteiger partial charge in [0.25, 0.3) is 0 Å². The van der Waals surface area contributed by atoms with Crippen LogP contribution in [0.25, 0.3) is 31.7 Å². The number of hydrogen-bond donors (Lipinski definition) is 2. The maximum atomic E-state index is 4.77. The molecule has 0 aliphatic carbocycles. The summed E-state index contributed by atoms with van der Waals surface area (Å²) < 4.78 is 1.24. The van der Waals surface area contributed by atoms with Gasteiger partial charge in [0.15, 0.2) is 0 Å². The lowest BCUT2D eigenvalue weighted by Gasteiger charge is -2.07. The summed E-state index contributed by atoms with van der Waals surface area (Å²) in [7, 11) is 0. The van der Waals surface area contributed by atoms with Gasteiger partial charge in [0, 0.05) is 29.5 Å². The number of fused-ring (bicyclic) bond motifs is 2. The van der Waals surface area contributed by atoms with Gasteiger partial charge in [-0.1, -0.05) is 12.1 Å². The molecule has 0 unspecified atom stereocenters. The highest BCUT2D eigenvalue weighted by Crippen LogP contribution is 2.31. The molecule has 0 aliphatic rings. The van der Waals surface area contributed by atoms with Gasteiger partial charge in [-0.15, -0.1) is 23.7 Å². The van der Waals surface area contributed by atoms with Gasteiger partial charge in [0.05, 0.1) is 10.2 Å². The Morgan fingerprint density at radius 1 is 0.964 bits per heavy atom. The molecule has 3 aromatic carbocycles. The van der Waals surface area contributed by atoms with Gasteiger partial charge in [-0.3, -0.25) is 0 Å². The van der Waals surface area contributed by atoms with Gasteiger partial charge in [0.2, 0.25) is 0 Å². The fourth-order valence-electron chi connectivity index (χ4n) is 3.30. The first-order valence-electron chi connectivity index (χ1n) is 9.02. The molecular formula is C23H20ClN3S. The van der Waals surface area contributed by atoms with Crippen molar-refractivity contribution in [1.29, 1.82) is 0 Å². The number of aromatic amines is 1. The van der Waals surface area contributed by atoms with E-state index < -0.39 is 0 Å². The van der Waals surface area contributed by atoms with Crippen LogP contribution in [0, 0.1) is 6.92 Å². The first-order valence-corrected chi connectivity index (χ1v) is 9.84. The molecule has 2 heterocycles. The highest BCUT2D eigenvalue weighted by Gasteiger charge is 2.06. The molecule has 0 bridgehead atoms. The molecule has 0 saturated carbocycles. The lowest BCUT2D eigenvalue weighted by molar-refractivity contribution is 1.15. The second kappa shape index (κ2) is 7.66. The van der Waals surface area contributed by atoms with Gasteiger partial charge in [-0.2, -0.15) is 0 Å². The van der Waals surface area contributed by atoms with Crippen molar-refractivity contribution in [3.63, 3.8) is 0 Å². The molecule has 2 aromatic heterocycles. The molecule has 5 heteroatoms. The summed E-state index contributed by atoms with van der Waals surface area (Å²) in [6, 6.07) is 23.6. The third kappa shape index (κ3) is 3.61. The molecular weight excluding hydrogens is 386 g/mol. The quantitative estimate of drug-likeness (QED) is 0.345. The SMILES string of the molecule is Cc1ccc2nc(-c3ccc(NCc4ccc5[nH]ccc5c4)cc3)sc2c1.Cl. The Morgan fingerprint density at radius 3 is 2.68 bits per heavy atom. The number of halogens is 1. The predicted octanol–water partition coefficient (Wildman–Crippen LogP) is 6.79. The number of nitrogens with zero attached hydrogens (tertiary/aromatic N) is 1. The Morgan fingerprint density at radius 2 is 1.82 bits per heavy atom. The largest absolute Gasteiger partial charge is 0.381 e. The zero-order valence-electron chi connectivity index (χ0n) is 15.4. The molecule has 0 atom stereocenters. The van der Waals surface area contributed by atoms with Gasteiger partial charge < -0.3 is 10.3 Å². The normalized spacial score (nSPS) is 10.9. The fourth-order valence-corrected chi connectivity index (χ4v) is 4.37. The zero-order chi connectivity index (χ0) is 18.2. The Hall–Kier alpha value is -2.82. The second-order valence-electron chi connectivity index (χ2n) is 6.82. The van der Waals surface area contributed by atoms with E-state index >= 15 is 0 Å². The molecule has 0 amide bonds. The zero-order valence-corrected chi connectivity index (χ0v) is 17.0. The van der Waals surface area contributed by atoms with Crippen molar-refractivity contribution in [2.24, 2.45) is 0 Å². The molecule has 0 saturated heterocycles. The second-order valence-corrected chi connectivity index (χ2v) is 7.85. The van der Waals surface area contributed by atoms with Crippen LogP contribution in [0.15, 0.2) is 72.9 Å². The van der Waals surface area contributed by atoms with Crippen LogP contribution in [-0.2, 0) is 6.54 Å². The van der Waals surface area contributed by atoms with Crippen molar-refractivity contribution in [3.05, 3.63) is 84.1 Å². The smallest absolute Gasteiger partial charge is 0.124 e. The minimum Gasteiger partial charge on any atom is -0.381 e. The van der Waals surface area contributed by atoms with Crippen LogP contribution in [0.2, 0.25) is 0 Å². The van der Waals surface area contributed by atoms with E-state index in [1.807, 2.05) is 6.20 Å². The Bertz CT molecular complexity index is 1240. The Balaban J connectivity index is 0.00000192. The highest BCUT2D eigenvalue weighted by atomic mass is 35.5. The standard InChI is InChI=1S/C23H19N3S.ClH/c1-15-2-8-21-22(12-15)27-23(26-21)17-4-6-19(7-5-17)25-14-16-3-9-20-18(13-16)10-11-24-20;/h2-13,24-25H,14H2,1H3;1H. The van der Waals surface area contributed by atoms with E-state index in [0.717, 1.165) is 28.3 Å². The minimum absolute atomic E-state index is 0. The van der Waals surface area contributed by atoms with E-state index in [2.05, 4.69) is 84.0 Å². The number of anilines is 1. The Labute approximate surface area is 173 Å². The van der Waals surface area contributed by atoms with Gasteiger partial charge in [-0.25, -0.2) is 4.98 Å². The maximum absolute atomic E-state index is 4.77. The van der Waals surface area contributed by atoms with Crippen LogP contribution in [0.5, 0.6) is 0 Å². The van der Waals surface area contributed by atoms with Gasteiger partial charge in [0.1, 0.15) is 5.01 Å². The number of hydrogen-bond acceptors (Lipinski definition) is 3. The number of nitrogens with one attached hydrogen (secondary N) is 2. The van der Waals surface area contributed by atoms with E-state index in [1.54, 1.807) is 11.3 Å². The van der Waals surface area contributed by atoms with E-state index in [9.17, 15) is 0 Å². The molecule has 3 nitrogen and oxygen atoms in total. The van der Waals surface area contributed by atoms with Gasteiger partial charge in [-0.05, 0) is 78.0 Å². The molecule has 0 fully saturated rings. The Kier molecular flexibility index (Phi) is 5.07. The molecule has 5 rings (SSSR count). The average molecular weight is 406 g/mol. The van der Waals surface area contributed by atoms with Crippen LogP contribution in [0.3, 0.4) is 0 Å². The number of aryl methyl sites for hydroxylation is 1. The van der Waals surface area contributed by atoms with Crippen molar-refractivity contribution in [3.8, 4) is 10.6 Å². The molecule has 5 aromatic rings. The van der Waals surface area contributed by atoms with Crippen LogP contribution in [0.4, 0.5) is 5.69 Å². The topological polar surface area (TPSA) is 40.7 Å². The van der Waals surface area contributed by atoms with Crippen LogP contribution in [0.1, 0.15) is 11.1 Å². The monoisotopic (exact) mass is 405 g/mol. The number of H-pyrrole nitrogens is 1. The first kappa shape index (κ1) is 18.5. The van der Waals surface area contributed by atoms with Crippen molar-refractivity contribution in [1.82, 2.24) is 9.97 Å². The van der Waals surface area contributed by atoms with Crippen molar-refractivity contribution < 1.29 is 0 Å². The molecule has 2 N–H and O–H groups in total. The lowest BCUT2D eigenvalue weighted by Crippen LogP contribution is -1.98. The third-order valence-electron chi connectivity index (χ3n) is 4.79. The molecule has 28 heavy (non-hydrogen) atoms.